The first-order chi connectivity index (χ1) is 6.77. The Morgan fingerprint density at radius 1 is 1.29 bits per heavy atom. The summed E-state index contributed by atoms with van der Waals surface area (Å²) in [4.78, 5) is 6.05. The van der Waals surface area contributed by atoms with E-state index in [-0.39, 0.29) is 0 Å². The van der Waals surface area contributed by atoms with Crippen LogP contribution in [-0.2, 0) is 0 Å². The Labute approximate surface area is 82.8 Å². The van der Waals surface area contributed by atoms with Crippen LogP contribution in [0, 0.1) is 0 Å². The molecule has 2 aromatic heterocycles. The normalized spacial score (nSPS) is 10.1. The number of hydrogen-bond acceptors (Lipinski definition) is 3. The second-order valence-electron chi connectivity index (χ2n) is 3.25. The summed E-state index contributed by atoms with van der Waals surface area (Å²) < 4.78 is 1.81. The van der Waals surface area contributed by atoms with Gasteiger partial charge in [0.2, 0.25) is 0 Å². The van der Waals surface area contributed by atoms with Crippen LogP contribution in [0.25, 0.3) is 5.69 Å². The maximum Gasteiger partial charge on any atom is 0.0829 e. The number of anilines is 1. The minimum atomic E-state index is 0.973. The Hall–Kier alpha value is -1.84. The molecule has 0 aliphatic rings. The standard InChI is InChI=1S/C10H12N4/c1-13(2)10-7-12-14(8-10)9-4-3-5-11-6-9/h3-8H,1-2H3. The fourth-order valence-corrected chi connectivity index (χ4v) is 1.17. The van der Waals surface area contributed by atoms with Gasteiger partial charge in [0.05, 0.1) is 30.0 Å². The Kier molecular flexibility index (Phi) is 2.18. The summed E-state index contributed by atoms with van der Waals surface area (Å²) in [6.45, 7) is 0. The maximum atomic E-state index is 4.24. The van der Waals surface area contributed by atoms with Gasteiger partial charge in [0, 0.05) is 20.3 Å². The van der Waals surface area contributed by atoms with E-state index >= 15 is 0 Å². The third kappa shape index (κ3) is 1.59. The van der Waals surface area contributed by atoms with E-state index in [1.165, 1.54) is 0 Å². The quantitative estimate of drug-likeness (QED) is 0.713. The lowest BCUT2D eigenvalue weighted by molar-refractivity contribution is 0.873. The molecule has 0 atom stereocenters. The largest absolute Gasteiger partial charge is 0.375 e. The highest BCUT2D eigenvalue weighted by Gasteiger charge is 2.01. The highest BCUT2D eigenvalue weighted by molar-refractivity contribution is 5.42. The van der Waals surface area contributed by atoms with Crippen molar-refractivity contribution in [1.29, 1.82) is 0 Å². The third-order valence-electron chi connectivity index (χ3n) is 2.00. The molecule has 0 aliphatic carbocycles. The monoisotopic (exact) mass is 188 g/mol. The van der Waals surface area contributed by atoms with Crippen molar-refractivity contribution in [1.82, 2.24) is 14.8 Å². The molecule has 0 amide bonds. The molecule has 0 aliphatic heterocycles. The van der Waals surface area contributed by atoms with Gasteiger partial charge in [-0.05, 0) is 12.1 Å². The highest BCUT2D eigenvalue weighted by atomic mass is 15.3. The Bertz CT molecular complexity index is 405. The van der Waals surface area contributed by atoms with Crippen LogP contribution in [0.5, 0.6) is 0 Å². The topological polar surface area (TPSA) is 34.0 Å². The van der Waals surface area contributed by atoms with Crippen molar-refractivity contribution in [3.63, 3.8) is 0 Å². The molecule has 0 bridgehead atoms. The van der Waals surface area contributed by atoms with Gasteiger partial charge in [0.15, 0.2) is 0 Å². The van der Waals surface area contributed by atoms with E-state index in [2.05, 4.69) is 10.1 Å². The minimum absolute atomic E-state index is 0.973. The zero-order chi connectivity index (χ0) is 9.97. The first-order valence-electron chi connectivity index (χ1n) is 4.40. The molecule has 0 aromatic carbocycles. The molecule has 14 heavy (non-hydrogen) atoms. The van der Waals surface area contributed by atoms with Crippen LogP contribution in [0.4, 0.5) is 5.69 Å². The Morgan fingerprint density at radius 2 is 2.14 bits per heavy atom. The van der Waals surface area contributed by atoms with Crippen molar-refractivity contribution in [2.75, 3.05) is 19.0 Å². The summed E-state index contributed by atoms with van der Waals surface area (Å²) in [5.74, 6) is 0. The number of rotatable bonds is 2. The van der Waals surface area contributed by atoms with E-state index in [9.17, 15) is 0 Å². The molecule has 0 N–H and O–H groups in total. The van der Waals surface area contributed by atoms with Crippen LogP contribution in [0.2, 0.25) is 0 Å². The van der Waals surface area contributed by atoms with Crippen molar-refractivity contribution in [3.05, 3.63) is 36.9 Å². The van der Waals surface area contributed by atoms with E-state index in [0.29, 0.717) is 0 Å². The van der Waals surface area contributed by atoms with Crippen molar-refractivity contribution in [2.45, 2.75) is 0 Å². The van der Waals surface area contributed by atoms with E-state index in [4.69, 9.17) is 0 Å². The molecule has 0 radical (unpaired) electrons. The van der Waals surface area contributed by atoms with Crippen LogP contribution in [0.3, 0.4) is 0 Å². The van der Waals surface area contributed by atoms with Crippen LogP contribution in [0.15, 0.2) is 36.9 Å². The molecule has 2 rings (SSSR count). The summed E-state index contributed by atoms with van der Waals surface area (Å²) in [5.41, 5.74) is 2.05. The van der Waals surface area contributed by atoms with E-state index in [0.717, 1.165) is 11.4 Å². The molecule has 72 valence electrons. The zero-order valence-electron chi connectivity index (χ0n) is 8.25. The van der Waals surface area contributed by atoms with Gasteiger partial charge in [-0.15, -0.1) is 0 Å². The lowest BCUT2D eigenvalue weighted by atomic mass is 10.4. The molecule has 0 unspecified atom stereocenters. The third-order valence-corrected chi connectivity index (χ3v) is 2.00. The SMILES string of the molecule is CN(C)c1cnn(-c2cccnc2)c1. The van der Waals surface area contributed by atoms with Gasteiger partial charge in [-0.1, -0.05) is 0 Å². The molecule has 0 saturated carbocycles. The predicted molar refractivity (Wildman–Crippen MR) is 55.7 cm³/mol. The summed E-state index contributed by atoms with van der Waals surface area (Å²) in [6.07, 6.45) is 7.33. The van der Waals surface area contributed by atoms with Crippen LogP contribution in [-0.4, -0.2) is 28.9 Å². The van der Waals surface area contributed by atoms with E-state index in [1.54, 1.807) is 12.4 Å². The van der Waals surface area contributed by atoms with E-state index in [1.807, 2.05) is 48.2 Å². The molecule has 4 nitrogen and oxygen atoms in total. The van der Waals surface area contributed by atoms with Crippen molar-refractivity contribution in [3.8, 4) is 5.69 Å². The molecule has 0 fully saturated rings. The summed E-state index contributed by atoms with van der Waals surface area (Å²) in [7, 11) is 3.98. The lowest BCUT2D eigenvalue weighted by Gasteiger charge is -2.06. The fourth-order valence-electron chi connectivity index (χ4n) is 1.17. The highest BCUT2D eigenvalue weighted by Crippen LogP contribution is 2.12. The molecule has 2 heterocycles. The maximum absolute atomic E-state index is 4.24. The molecule has 2 aromatic rings. The zero-order valence-corrected chi connectivity index (χ0v) is 8.25. The van der Waals surface area contributed by atoms with Crippen molar-refractivity contribution < 1.29 is 0 Å². The molecule has 4 heteroatoms. The first-order valence-corrected chi connectivity index (χ1v) is 4.40. The molecule has 0 spiro atoms. The summed E-state index contributed by atoms with van der Waals surface area (Å²) >= 11 is 0. The molecular formula is C10H12N4. The smallest absolute Gasteiger partial charge is 0.0829 e. The Morgan fingerprint density at radius 3 is 2.71 bits per heavy atom. The number of aromatic nitrogens is 3. The van der Waals surface area contributed by atoms with Crippen molar-refractivity contribution in [2.24, 2.45) is 0 Å². The number of hydrogen-bond donors (Lipinski definition) is 0. The van der Waals surface area contributed by atoms with Crippen LogP contribution in [0.1, 0.15) is 0 Å². The van der Waals surface area contributed by atoms with Crippen LogP contribution < -0.4 is 4.90 Å². The molecule has 0 saturated heterocycles. The van der Waals surface area contributed by atoms with Gasteiger partial charge in [-0.25, -0.2) is 4.68 Å². The van der Waals surface area contributed by atoms with Gasteiger partial charge in [0.25, 0.3) is 0 Å². The second kappa shape index (κ2) is 3.49. The van der Waals surface area contributed by atoms with E-state index < -0.39 is 0 Å². The van der Waals surface area contributed by atoms with Crippen LogP contribution >= 0.6 is 0 Å². The second-order valence-corrected chi connectivity index (χ2v) is 3.25. The van der Waals surface area contributed by atoms with Gasteiger partial charge in [-0.3, -0.25) is 4.98 Å². The summed E-state index contributed by atoms with van der Waals surface area (Å²) in [6, 6.07) is 3.87. The summed E-state index contributed by atoms with van der Waals surface area (Å²) in [5, 5.41) is 4.24. The number of pyridine rings is 1. The lowest BCUT2D eigenvalue weighted by Crippen LogP contribution is -2.07. The average molecular weight is 188 g/mol. The van der Waals surface area contributed by atoms with Gasteiger partial charge >= 0.3 is 0 Å². The van der Waals surface area contributed by atoms with Gasteiger partial charge < -0.3 is 4.90 Å². The fraction of sp³-hybridized carbons (Fsp3) is 0.200. The van der Waals surface area contributed by atoms with Gasteiger partial charge in [0.1, 0.15) is 0 Å². The Balaban J connectivity index is 2.34. The predicted octanol–water partition coefficient (Wildman–Crippen LogP) is 1.33. The number of nitrogens with zero attached hydrogens (tertiary/aromatic N) is 4. The van der Waals surface area contributed by atoms with Crippen molar-refractivity contribution >= 4 is 5.69 Å². The first kappa shape index (κ1) is 8.74. The minimum Gasteiger partial charge on any atom is -0.375 e. The molecular weight excluding hydrogens is 176 g/mol. The average Bonchev–Trinajstić information content (AvgIpc) is 2.68. The van der Waals surface area contributed by atoms with Gasteiger partial charge in [-0.2, -0.15) is 5.10 Å².